The van der Waals surface area contributed by atoms with E-state index in [0.29, 0.717) is 6.42 Å². The Labute approximate surface area is 110 Å². The van der Waals surface area contributed by atoms with Gasteiger partial charge in [0.2, 0.25) is 0 Å². The van der Waals surface area contributed by atoms with E-state index in [0.717, 1.165) is 31.2 Å². The predicted molar refractivity (Wildman–Crippen MR) is 66.8 cm³/mol. The van der Waals surface area contributed by atoms with Crippen LogP contribution in [0, 0.1) is 0 Å². The molecule has 0 unspecified atom stereocenters. The zero-order valence-corrected chi connectivity index (χ0v) is 10.7. The third-order valence-corrected chi connectivity index (χ3v) is 3.56. The number of ether oxygens (including phenoxy) is 1. The Morgan fingerprint density at radius 3 is 2.16 bits per heavy atom. The lowest BCUT2D eigenvalue weighted by Gasteiger charge is -2.33. The minimum absolute atomic E-state index is 0.189. The van der Waals surface area contributed by atoms with Crippen molar-refractivity contribution in [1.29, 1.82) is 0 Å². The highest BCUT2D eigenvalue weighted by Gasteiger charge is 2.31. The van der Waals surface area contributed by atoms with E-state index in [9.17, 15) is 13.2 Å². The molecule has 1 fully saturated rings. The van der Waals surface area contributed by atoms with E-state index in [1.165, 1.54) is 18.6 Å². The summed E-state index contributed by atoms with van der Waals surface area (Å²) in [6.07, 6.45) is 1.51. The van der Waals surface area contributed by atoms with Gasteiger partial charge in [0.1, 0.15) is 5.75 Å². The summed E-state index contributed by atoms with van der Waals surface area (Å²) in [4.78, 5) is 0. The van der Waals surface area contributed by atoms with Crippen LogP contribution < -0.4 is 10.5 Å². The maximum Gasteiger partial charge on any atom is 0.573 e. The van der Waals surface area contributed by atoms with Gasteiger partial charge in [0.05, 0.1) is 0 Å². The lowest BCUT2D eigenvalue weighted by atomic mass is 9.78. The van der Waals surface area contributed by atoms with Gasteiger partial charge in [0.25, 0.3) is 0 Å². The summed E-state index contributed by atoms with van der Waals surface area (Å²) in [5, 5.41) is 0. The van der Waals surface area contributed by atoms with Crippen LogP contribution in [0.5, 0.6) is 5.75 Å². The van der Waals surface area contributed by atoms with E-state index < -0.39 is 6.36 Å². The summed E-state index contributed by atoms with van der Waals surface area (Å²) in [7, 11) is 0. The van der Waals surface area contributed by atoms with Crippen LogP contribution >= 0.6 is 0 Å². The Kier molecular flexibility index (Phi) is 4.04. The highest BCUT2D eigenvalue weighted by molar-refractivity contribution is 5.28. The number of alkyl halides is 3. The minimum atomic E-state index is -4.64. The van der Waals surface area contributed by atoms with Gasteiger partial charge in [0.15, 0.2) is 0 Å². The second-order valence-electron chi connectivity index (χ2n) is 5.29. The number of hydrogen-bond acceptors (Lipinski definition) is 2. The second-order valence-corrected chi connectivity index (χ2v) is 5.29. The van der Waals surface area contributed by atoms with Crippen molar-refractivity contribution in [1.82, 2.24) is 0 Å². The van der Waals surface area contributed by atoms with Crippen molar-refractivity contribution in [3.8, 4) is 5.75 Å². The third-order valence-electron chi connectivity index (χ3n) is 3.56. The molecule has 0 bridgehead atoms. The van der Waals surface area contributed by atoms with Crippen molar-refractivity contribution in [2.45, 2.75) is 50.4 Å². The standard InChI is InChI=1S/C14H18F3NO/c15-14(16,17)19-12-6-4-11(5-7-12)10-13(18)8-2-1-3-9-13/h4-7H,1-3,8-10,18H2. The largest absolute Gasteiger partial charge is 0.573 e. The first-order valence-corrected chi connectivity index (χ1v) is 6.50. The molecule has 0 aliphatic heterocycles. The highest BCUT2D eigenvalue weighted by atomic mass is 19.4. The molecular weight excluding hydrogens is 255 g/mol. The Balaban J connectivity index is 1.98. The average molecular weight is 273 g/mol. The Bertz CT molecular complexity index is 408. The van der Waals surface area contributed by atoms with E-state index in [-0.39, 0.29) is 11.3 Å². The van der Waals surface area contributed by atoms with Crippen LogP contribution in [0.4, 0.5) is 13.2 Å². The van der Waals surface area contributed by atoms with Gasteiger partial charge in [-0.1, -0.05) is 31.4 Å². The van der Waals surface area contributed by atoms with Gasteiger partial charge in [-0.25, -0.2) is 0 Å². The van der Waals surface area contributed by atoms with Gasteiger partial charge in [-0.05, 0) is 37.0 Å². The predicted octanol–water partition coefficient (Wildman–Crippen LogP) is 3.79. The normalized spacial score (nSPS) is 19.2. The fourth-order valence-corrected chi connectivity index (χ4v) is 2.65. The number of rotatable bonds is 3. The number of hydrogen-bond donors (Lipinski definition) is 1. The molecule has 106 valence electrons. The molecule has 0 heterocycles. The molecule has 0 spiro atoms. The molecule has 1 aromatic rings. The Morgan fingerprint density at radius 1 is 1.05 bits per heavy atom. The Morgan fingerprint density at radius 2 is 1.63 bits per heavy atom. The van der Waals surface area contributed by atoms with Gasteiger partial charge in [0, 0.05) is 5.54 Å². The quantitative estimate of drug-likeness (QED) is 0.909. The SMILES string of the molecule is NC1(Cc2ccc(OC(F)(F)F)cc2)CCCCC1. The van der Waals surface area contributed by atoms with Gasteiger partial charge in [-0.3, -0.25) is 0 Å². The Hall–Kier alpha value is -1.23. The second kappa shape index (κ2) is 5.41. The molecule has 0 radical (unpaired) electrons. The van der Waals surface area contributed by atoms with Gasteiger partial charge in [-0.2, -0.15) is 0 Å². The summed E-state index contributed by atoms with van der Waals surface area (Å²) in [6, 6.07) is 6.00. The minimum Gasteiger partial charge on any atom is -0.406 e. The van der Waals surface area contributed by atoms with Crippen molar-refractivity contribution in [2.24, 2.45) is 5.73 Å². The summed E-state index contributed by atoms with van der Waals surface area (Å²) in [5.41, 5.74) is 7.07. The van der Waals surface area contributed by atoms with Crippen LogP contribution in [0.15, 0.2) is 24.3 Å². The lowest BCUT2D eigenvalue weighted by Crippen LogP contribution is -2.43. The molecule has 1 saturated carbocycles. The van der Waals surface area contributed by atoms with Crippen LogP contribution in [-0.4, -0.2) is 11.9 Å². The average Bonchev–Trinajstić information content (AvgIpc) is 2.30. The fraction of sp³-hybridized carbons (Fsp3) is 0.571. The zero-order chi connectivity index (χ0) is 13.9. The first-order chi connectivity index (χ1) is 8.86. The van der Waals surface area contributed by atoms with Crippen LogP contribution in [0.1, 0.15) is 37.7 Å². The summed E-state index contributed by atoms with van der Waals surface area (Å²) in [5.74, 6) is -0.189. The number of benzene rings is 1. The van der Waals surface area contributed by atoms with Crippen LogP contribution in [-0.2, 0) is 6.42 Å². The van der Waals surface area contributed by atoms with Crippen LogP contribution in [0.2, 0.25) is 0 Å². The molecule has 2 N–H and O–H groups in total. The van der Waals surface area contributed by atoms with Gasteiger partial charge in [-0.15, -0.1) is 13.2 Å². The molecule has 0 atom stereocenters. The highest BCUT2D eigenvalue weighted by Crippen LogP contribution is 2.30. The number of halogens is 3. The first kappa shape index (κ1) is 14.2. The first-order valence-electron chi connectivity index (χ1n) is 6.50. The maximum absolute atomic E-state index is 12.0. The lowest BCUT2D eigenvalue weighted by molar-refractivity contribution is -0.274. The molecule has 0 amide bonds. The molecule has 0 aromatic heterocycles. The summed E-state index contributed by atoms with van der Waals surface area (Å²) < 4.78 is 39.9. The van der Waals surface area contributed by atoms with E-state index in [4.69, 9.17) is 5.73 Å². The van der Waals surface area contributed by atoms with Crippen molar-refractivity contribution in [3.05, 3.63) is 29.8 Å². The van der Waals surface area contributed by atoms with Crippen LogP contribution in [0.3, 0.4) is 0 Å². The van der Waals surface area contributed by atoms with Crippen LogP contribution in [0.25, 0.3) is 0 Å². The molecule has 2 rings (SSSR count). The van der Waals surface area contributed by atoms with E-state index >= 15 is 0 Å². The molecule has 5 heteroatoms. The van der Waals surface area contributed by atoms with Crippen molar-refractivity contribution in [3.63, 3.8) is 0 Å². The van der Waals surface area contributed by atoms with Gasteiger partial charge >= 0.3 is 6.36 Å². The van der Waals surface area contributed by atoms with Crippen molar-refractivity contribution >= 4 is 0 Å². The van der Waals surface area contributed by atoms with E-state index in [1.54, 1.807) is 12.1 Å². The number of nitrogens with two attached hydrogens (primary N) is 1. The van der Waals surface area contributed by atoms with Crippen molar-refractivity contribution < 1.29 is 17.9 Å². The summed E-state index contributed by atoms with van der Waals surface area (Å²) in [6.45, 7) is 0. The zero-order valence-electron chi connectivity index (χ0n) is 10.7. The van der Waals surface area contributed by atoms with E-state index in [2.05, 4.69) is 4.74 Å². The molecule has 1 aliphatic carbocycles. The van der Waals surface area contributed by atoms with Crippen molar-refractivity contribution in [2.75, 3.05) is 0 Å². The molecule has 1 aromatic carbocycles. The smallest absolute Gasteiger partial charge is 0.406 e. The summed E-state index contributed by atoms with van der Waals surface area (Å²) >= 11 is 0. The van der Waals surface area contributed by atoms with E-state index in [1.807, 2.05) is 0 Å². The molecule has 19 heavy (non-hydrogen) atoms. The molecule has 2 nitrogen and oxygen atoms in total. The fourth-order valence-electron chi connectivity index (χ4n) is 2.65. The third kappa shape index (κ3) is 4.42. The molecule has 0 saturated heterocycles. The maximum atomic E-state index is 12.0. The van der Waals surface area contributed by atoms with Gasteiger partial charge < -0.3 is 10.5 Å². The molecule has 1 aliphatic rings. The molecular formula is C14H18F3NO. The topological polar surface area (TPSA) is 35.2 Å². The monoisotopic (exact) mass is 273 g/mol.